The first-order valence-corrected chi connectivity index (χ1v) is 15.2. The summed E-state index contributed by atoms with van der Waals surface area (Å²) in [5.41, 5.74) is -0.467. The Labute approximate surface area is 262 Å². The Hall–Kier alpha value is -3.58. The first-order valence-electron chi connectivity index (χ1n) is 15.2. The van der Waals surface area contributed by atoms with Crippen LogP contribution in [-0.4, -0.2) is 35.2 Å². The highest BCUT2D eigenvalue weighted by atomic mass is 19.4. The lowest BCUT2D eigenvalue weighted by atomic mass is 9.57. The van der Waals surface area contributed by atoms with Crippen LogP contribution < -0.4 is 4.90 Å². The molecule has 2 fully saturated rings. The van der Waals surface area contributed by atoms with Crippen molar-refractivity contribution in [2.45, 2.75) is 71.2 Å². The Morgan fingerprint density at radius 1 is 1.00 bits per heavy atom. The molecule has 46 heavy (non-hydrogen) atoms. The smallest absolute Gasteiger partial charge is 0.455 e. The molecule has 2 saturated heterocycles. The molecule has 0 spiro atoms. The fourth-order valence-electron chi connectivity index (χ4n) is 7.05. The van der Waals surface area contributed by atoms with E-state index in [2.05, 4.69) is 0 Å². The molecule has 0 radical (unpaired) electrons. The number of hydrogen-bond acceptors (Lipinski definition) is 5. The average Bonchev–Trinajstić information content (AvgIpc) is 3.23. The van der Waals surface area contributed by atoms with Gasteiger partial charge in [0.2, 0.25) is 11.8 Å². The van der Waals surface area contributed by atoms with Crippen LogP contribution in [0.25, 0.3) is 6.08 Å². The lowest BCUT2D eigenvalue weighted by Gasteiger charge is -2.44. The molecule has 6 nitrogen and oxygen atoms in total. The fraction of sp³-hybridized carbons (Fsp3) is 0.455. The molecule has 0 saturated carbocycles. The van der Waals surface area contributed by atoms with Crippen LogP contribution in [0.4, 0.5) is 32.0 Å². The van der Waals surface area contributed by atoms with Gasteiger partial charge in [-0.2, -0.15) is 26.3 Å². The Morgan fingerprint density at radius 3 is 2.15 bits per heavy atom. The Kier molecular flexibility index (Phi) is 9.22. The molecule has 13 heteroatoms. The van der Waals surface area contributed by atoms with Gasteiger partial charge in [0.15, 0.2) is 0 Å². The number of phenolic OH excluding ortho intramolecular Hbond substituents is 1. The molecule has 2 aromatic rings. The van der Waals surface area contributed by atoms with Crippen LogP contribution in [0.3, 0.4) is 0 Å². The molecular formula is C33H34BF6NO5. The summed E-state index contributed by atoms with van der Waals surface area (Å²) >= 11 is 0. The zero-order valence-corrected chi connectivity index (χ0v) is 25.5. The number of alkyl halides is 6. The number of nitrogens with zero attached hydrogens (tertiary/aromatic N) is 1. The van der Waals surface area contributed by atoms with Crippen molar-refractivity contribution in [1.82, 2.24) is 0 Å². The van der Waals surface area contributed by atoms with E-state index in [4.69, 9.17) is 4.65 Å². The van der Waals surface area contributed by atoms with Crippen LogP contribution in [0, 0.1) is 23.7 Å². The van der Waals surface area contributed by atoms with Crippen molar-refractivity contribution >= 4 is 30.7 Å². The number of halogens is 6. The third-order valence-corrected chi connectivity index (χ3v) is 9.22. The van der Waals surface area contributed by atoms with E-state index in [9.17, 15) is 46.1 Å². The average molecular weight is 649 g/mol. The van der Waals surface area contributed by atoms with E-state index in [1.165, 1.54) is 0 Å². The maximum atomic E-state index is 13.9. The van der Waals surface area contributed by atoms with Gasteiger partial charge in [-0.15, -0.1) is 0 Å². The van der Waals surface area contributed by atoms with Crippen molar-refractivity contribution in [3.63, 3.8) is 0 Å². The lowest BCUT2D eigenvalue weighted by Crippen LogP contribution is -2.46. The number of hydrogen-bond donors (Lipinski definition) is 2. The maximum absolute atomic E-state index is 13.9. The number of carbonyl (C=O) groups is 2. The van der Waals surface area contributed by atoms with Gasteiger partial charge in [-0.25, -0.2) is 4.90 Å². The van der Waals surface area contributed by atoms with Gasteiger partial charge in [-0.05, 0) is 85.3 Å². The lowest BCUT2D eigenvalue weighted by molar-refractivity contribution is -0.143. The molecular weight excluding hydrogens is 615 g/mol. The first kappa shape index (κ1) is 33.8. The molecule has 4 atom stereocenters. The third-order valence-electron chi connectivity index (χ3n) is 9.22. The van der Waals surface area contributed by atoms with Crippen molar-refractivity contribution in [2.24, 2.45) is 23.7 Å². The van der Waals surface area contributed by atoms with Crippen LogP contribution in [0.5, 0.6) is 5.75 Å². The Bertz CT molecular complexity index is 1530. The Balaban J connectivity index is 1.49. The second-order valence-corrected chi connectivity index (χ2v) is 12.5. The van der Waals surface area contributed by atoms with Crippen molar-refractivity contribution < 1.29 is 50.7 Å². The molecule has 3 aliphatic rings. The number of amides is 2. The quantitative estimate of drug-likeness (QED) is 0.139. The van der Waals surface area contributed by atoms with Crippen LogP contribution in [-0.2, 0) is 26.6 Å². The molecule has 2 N–H and O–H groups in total. The number of carbonyl (C=O) groups excluding carboxylic acids is 2. The molecule has 2 aromatic carbocycles. The van der Waals surface area contributed by atoms with Crippen molar-refractivity contribution in [2.75, 3.05) is 4.90 Å². The Morgan fingerprint density at radius 2 is 1.61 bits per heavy atom. The van der Waals surface area contributed by atoms with Crippen LogP contribution >= 0.6 is 0 Å². The maximum Gasteiger partial charge on any atom is 0.455 e. The molecule has 0 aromatic heterocycles. The minimum absolute atomic E-state index is 0.0434. The summed E-state index contributed by atoms with van der Waals surface area (Å²) in [6, 6.07) is 7.46. The number of imide groups is 1. The summed E-state index contributed by atoms with van der Waals surface area (Å²) in [5.74, 6) is -4.49. The molecule has 2 amide bonds. The molecule has 2 aliphatic heterocycles. The third kappa shape index (κ3) is 6.62. The number of benzene rings is 2. The van der Waals surface area contributed by atoms with Crippen LogP contribution in [0.1, 0.15) is 63.1 Å². The van der Waals surface area contributed by atoms with Crippen LogP contribution in [0.15, 0.2) is 59.2 Å². The molecule has 0 bridgehead atoms. The second-order valence-electron chi connectivity index (χ2n) is 12.5. The first-order chi connectivity index (χ1) is 21.5. The number of aromatic hydroxyl groups is 1. The van der Waals surface area contributed by atoms with Gasteiger partial charge in [0.1, 0.15) is 5.75 Å². The highest BCUT2D eigenvalue weighted by Gasteiger charge is 2.58. The predicted molar refractivity (Wildman–Crippen MR) is 159 cm³/mol. The zero-order valence-electron chi connectivity index (χ0n) is 25.5. The molecule has 246 valence electrons. The molecule has 1 aliphatic carbocycles. The number of fused-ring (bicyclic) bond motifs is 3. The summed E-state index contributed by atoms with van der Waals surface area (Å²) in [5, 5.41) is 20.4. The normalized spacial score (nSPS) is 24.2. The van der Waals surface area contributed by atoms with Crippen molar-refractivity contribution in [1.29, 1.82) is 0 Å². The van der Waals surface area contributed by atoms with E-state index in [0.717, 1.165) is 22.3 Å². The minimum Gasteiger partial charge on any atom is -0.508 e. The largest absolute Gasteiger partial charge is 0.508 e. The summed E-state index contributed by atoms with van der Waals surface area (Å²) in [6.07, 6.45) is -7.18. The monoisotopic (exact) mass is 649 g/mol. The summed E-state index contributed by atoms with van der Waals surface area (Å²) in [4.78, 5) is 28.1. The summed E-state index contributed by atoms with van der Waals surface area (Å²) < 4.78 is 87.8. The van der Waals surface area contributed by atoms with Gasteiger partial charge < -0.3 is 14.8 Å². The van der Waals surface area contributed by atoms with Crippen LogP contribution in [0.2, 0.25) is 6.32 Å². The fourth-order valence-corrected chi connectivity index (χ4v) is 7.05. The van der Waals surface area contributed by atoms with Gasteiger partial charge in [-0.3, -0.25) is 9.59 Å². The van der Waals surface area contributed by atoms with E-state index in [1.807, 2.05) is 26.8 Å². The van der Waals surface area contributed by atoms with E-state index < -0.39 is 72.0 Å². The standard InChI is InChI=1S/C33H34BF6NO5/c1-4-18(11-19-5-8-23(42)9-6-19)7-10-27-28-24(17(2)3)15-25-29(26(28)16-34(45)46-27)31(44)41(30(25)43)22-13-20(32(35,36)37)12-21(14-22)33(38,39)40/h5-6,8-9,11-14,17,25-27,29,42,45H,4,7,10,15-16H2,1-3H3/b18-11+/t25-,26+,27-,29-/m1/s1. The number of rotatable bonds is 7. The van der Waals surface area contributed by atoms with E-state index in [0.29, 0.717) is 36.3 Å². The van der Waals surface area contributed by atoms with Gasteiger partial charge in [0.05, 0.1) is 34.8 Å². The van der Waals surface area contributed by atoms with Gasteiger partial charge in [0.25, 0.3) is 0 Å². The second kappa shape index (κ2) is 12.6. The number of phenols is 1. The van der Waals surface area contributed by atoms with Gasteiger partial charge >= 0.3 is 19.5 Å². The van der Waals surface area contributed by atoms with E-state index in [1.54, 1.807) is 24.3 Å². The number of allylic oxidation sites excluding steroid dienone is 2. The van der Waals surface area contributed by atoms with E-state index >= 15 is 0 Å². The predicted octanol–water partition coefficient (Wildman–Crippen LogP) is 7.66. The summed E-state index contributed by atoms with van der Waals surface area (Å²) in [6.45, 7) is 5.81. The minimum atomic E-state index is -5.15. The van der Waals surface area contributed by atoms with Gasteiger partial charge in [-0.1, -0.05) is 50.1 Å². The van der Waals surface area contributed by atoms with Gasteiger partial charge in [0, 0.05) is 0 Å². The summed E-state index contributed by atoms with van der Waals surface area (Å²) in [7, 11) is -1.29. The molecule has 2 heterocycles. The van der Waals surface area contributed by atoms with E-state index in [-0.39, 0.29) is 30.5 Å². The number of anilines is 1. The van der Waals surface area contributed by atoms with Crippen molar-refractivity contribution in [3.05, 3.63) is 75.9 Å². The zero-order chi connectivity index (χ0) is 33.7. The molecule has 5 rings (SSSR count). The highest BCUT2D eigenvalue weighted by molar-refractivity contribution is 6.43. The SMILES string of the molecule is CC/C(=C\c1ccc(O)cc1)CC[C@H]1OB(O)C[C@H]2C1=C(C(C)C)C[C@H]1C(=O)N(c3cc(C(F)(F)F)cc(C(F)(F)F)c3)C(=O)[C@H]12. The molecule has 0 unspecified atom stereocenters. The topological polar surface area (TPSA) is 87.1 Å². The van der Waals surface area contributed by atoms with Crippen molar-refractivity contribution in [3.8, 4) is 5.75 Å². The highest BCUT2D eigenvalue weighted by Crippen LogP contribution is 2.53.